The van der Waals surface area contributed by atoms with E-state index in [-0.39, 0.29) is 0 Å². The third-order valence-electron chi connectivity index (χ3n) is 3.25. The maximum Gasteiger partial charge on any atom is 0.343 e. The molecule has 0 radical (unpaired) electrons. The Morgan fingerprint density at radius 2 is 1.95 bits per heavy atom. The zero-order valence-electron chi connectivity index (χ0n) is 12.1. The predicted molar refractivity (Wildman–Crippen MR) is 85.5 cm³/mol. The largest absolute Gasteiger partial charge is 0.423 e. The molecule has 0 saturated carbocycles. The molecule has 0 aliphatic carbocycles. The van der Waals surface area contributed by atoms with Gasteiger partial charge in [-0.25, -0.2) is 9.00 Å². The van der Waals surface area contributed by atoms with E-state index in [1.54, 1.807) is 37.3 Å². The Hall–Kier alpha value is -2.24. The highest BCUT2D eigenvalue weighted by Gasteiger charge is 2.16. The van der Waals surface area contributed by atoms with Gasteiger partial charge in [-0.2, -0.15) is 0 Å². The fourth-order valence-electron chi connectivity index (χ4n) is 2.12. The van der Waals surface area contributed by atoms with Crippen molar-refractivity contribution in [1.29, 1.82) is 0 Å². The minimum Gasteiger partial charge on any atom is -0.423 e. The first-order valence-corrected chi connectivity index (χ1v) is 7.76. The first-order valence-electron chi connectivity index (χ1n) is 6.66. The van der Waals surface area contributed by atoms with Crippen LogP contribution >= 0.6 is 0 Å². The summed E-state index contributed by atoms with van der Waals surface area (Å²) in [6.45, 7) is 5.40. The molecule has 22 heavy (non-hydrogen) atoms. The second kappa shape index (κ2) is 7.15. The van der Waals surface area contributed by atoms with E-state index in [4.69, 9.17) is 4.74 Å². The topological polar surface area (TPSA) is 63.6 Å². The van der Waals surface area contributed by atoms with Crippen LogP contribution in [0.15, 0.2) is 60.0 Å². The molecule has 2 aromatic rings. The first kappa shape index (κ1) is 16.1. The van der Waals surface area contributed by atoms with Crippen LogP contribution in [-0.4, -0.2) is 14.7 Å². The molecule has 0 heterocycles. The van der Waals surface area contributed by atoms with Crippen LogP contribution in [0.1, 0.15) is 21.5 Å². The molecule has 4 nitrogen and oxygen atoms in total. The van der Waals surface area contributed by atoms with Gasteiger partial charge in [0.25, 0.3) is 0 Å². The summed E-state index contributed by atoms with van der Waals surface area (Å²) in [5, 5.41) is 0. The van der Waals surface area contributed by atoms with E-state index in [0.29, 0.717) is 33.8 Å². The van der Waals surface area contributed by atoms with Crippen molar-refractivity contribution in [2.45, 2.75) is 18.2 Å². The number of esters is 1. The van der Waals surface area contributed by atoms with Crippen LogP contribution in [-0.2, 0) is 17.5 Å². The van der Waals surface area contributed by atoms with Crippen molar-refractivity contribution in [3.05, 3.63) is 71.8 Å². The summed E-state index contributed by atoms with van der Waals surface area (Å²) in [5.41, 5.74) is 1.75. The molecule has 0 bridgehead atoms. The van der Waals surface area contributed by atoms with Crippen LogP contribution < -0.4 is 4.74 Å². The van der Waals surface area contributed by atoms with E-state index in [9.17, 15) is 13.6 Å². The van der Waals surface area contributed by atoms with Gasteiger partial charge in [0.05, 0.1) is 10.5 Å². The Bertz CT molecular complexity index is 723. The van der Waals surface area contributed by atoms with Crippen LogP contribution in [0.5, 0.6) is 5.75 Å². The number of hydrogen-bond acceptors (Lipinski definition) is 3. The van der Waals surface area contributed by atoms with E-state index in [1.807, 2.05) is 6.07 Å². The maximum atomic E-state index is 12.1. The summed E-state index contributed by atoms with van der Waals surface area (Å²) in [5.74, 6) is -0.0916. The smallest absolute Gasteiger partial charge is 0.343 e. The van der Waals surface area contributed by atoms with E-state index in [0.717, 1.165) is 0 Å². The second-order valence-corrected chi connectivity index (χ2v) is 5.60. The highest BCUT2D eigenvalue weighted by atomic mass is 32.2. The summed E-state index contributed by atoms with van der Waals surface area (Å²) in [7, 11) is 0. The molecule has 1 unspecified atom stereocenters. The van der Waals surface area contributed by atoms with Crippen LogP contribution in [0.3, 0.4) is 0 Å². The number of ether oxygens (including phenoxy) is 1. The van der Waals surface area contributed by atoms with Gasteiger partial charge in [0, 0.05) is 0 Å². The Kier molecular flexibility index (Phi) is 5.25. The zero-order valence-corrected chi connectivity index (χ0v) is 12.9. The summed E-state index contributed by atoms with van der Waals surface area (Å²) < 4.78 is 26.1. The Morgan fingerprint density at radius 3 is 2.55 bits per heavy atom. The van der Waals surface area contributed by atoms with Crippen molar-refractivity contribution in [3.63, 3.8) is 0 Å². The standard InChI is InChI=1S/C17H16O4S/c1-3-7-14-12(2)15(10-11-16(14)22(19)20)21-17(18)13-8-5-4-6-9-13/h3-6,8-11H,1,7H2,2H3,(H,19,20). The van der Waals surface area contributed by atoms with Gasteiger partial charge in [-0.3, -0.25) is 0 Å². The molecule has 114 valence electrons. The Balaban J connectivity index is 2.36. The van der Waals surface area contributed by atoms with E-state index >= 15 is 0 Å². The number of allylic oxidation sites excluding steroid dienone is 1. The molecule has 1 N–H and O–H groups in total. The predicted octanol–water partition coefficient (Wildman–Crippen LogP) is 3.52. The van der Waals surface area contributed by atoms with Gasteiger partial charge in [-0.05, 0) is 48.7 Å². The minimum absolute atomic E-state index is 0.303. The lowest BCUT2D eigenvalue weighted by atomic mass is 10.0. The van der Waals surface area contributed by atoms with Gasteiger partial charge >= 0.3 is 5.97 Å². The SMILES string of the molecule is C=CCc1c(S(=O)O)ccc(OC(=O)c2ccccc2)c1C. The molecule has 0 aliphatic rings. The molecule has 0 aliphatic heterocycles. The zero-order chi connectivity index (χ0) is 16.1. The highest BCUT2D eigenvalue weighted by Crippen LogP contribution is 2.28. The highest BCUT2D eigenvalue weighted by molar-refractivity contribution is 7.79. The molecule has 0 spiro atoms. The molecule has 1 atom stereocenters. The van der Waals surface area contributed by atoms with Crippen LogP contribution in [0.4, 0.5) is 0 Å². The van der Waals surface area contributed by atoms with Gasteiger partial charge in [0.1, 0.15) is 5.75 Å². The molecule has 5 heteroatoms. The van der Waals surface area contributed by atoms with Crippen LogP contribution in [0.25, 0.3) is 0 Å². The molecule has 0 saturated heterocycles. The monoisotopic (exact) mass is 316 g/mol. The van der Waals surface area contributed by atoms with E-state index in [1.165, 1.54) is 12.1 Å². The summed E-state index contributed by atoms with van der Waals surface area (Å²) in [6.07, 6.45) is 2.06. The lowest BCUT2D eigenvalue weighted by Crippen LogP contribution is -2.10. The van der Waals surface area contributed by atoms with Gasteiger partial charge in [0.15, 0.2) is 11.1 Å². The molecular formula is C17H16O4S. The number of benzene rings is 2. The van der Waals surface area contributed by atoms with Crippen molar-refractivity contribution in [2.75, 3.05) is 0 Å². The van der Waals surface area contributed by atoms with Crippen molar-refractivity contribution >= 4 is 17.0 Å². The summed E-state index contributed by atoms with van der Waals surface area (Å²) >= 11 is -2.10. The van der Waals surface area contributed by atoms with E-state index in [2.05, 4.69) is 6.58 Å². The third kappa shape index (κ3) is 3.50. The van der Waals surface area contributed by atoms with Crippen LogP contribution in [0, 0.1) is 6.92 Å². The van der Waals surface area contributed by atoms with Crippen molar-refractivity contribution in [2.24, 2.45) is 0 Å². The van der Waals surface area contributed by atoms with Crippen molar-refractivity contribution in [1.82, 2.24) is 0 Å². The van der Waals surface area contributed by atoms with Crippen molar-refractivity contribution < 1.29 is 18.3 Å². The number of carbonyl (C=O) groups is 1. The number of carbonyl (C=O) groups excluding carboxylic acids is 1. The average molecular weight is 316 g/mol. The van der Waals surface area contributed by atoms with Gasteiger partial charge < -0.3 is 9.29 Å². The van der Waals surface area contributed by atoms with Gasteiger partial charge in [-0.1, -0.05) is 24.3 Å². The lowest BCUT2D eigenvalue weighted by Gasteiger charge is -2.13. The van der Waals surface area contributed by atoms with Gasteiger partial charge in [0.2, 0.25) is 0 Å². The number of hydrogen-bond donors (Lipinski definition) is 1. The normalized spacial score (nSPS) is 11.7. The molecule has 0 fully saturated rings. The minimum atomic E-state index is -2.10. The molecule has 0 aromatic heterocycles. The molecule has 2 rings (SSSR count). The first-order chi connectivity index (χ1) is 10.5. The average Bonchev–Trinajstić information content (AvgIpc) is 2.52. The second-order valence-electron chi connectivity index (χ2n) is 4.66. The summed E-state index contributed by atoms with van der Waals surface area (Å²) in [6, 6.07) is 11.7. The molecule has 0 amide bonds. The lowest BCUT2D eigenvalue weighted by molar-refractivity contribution is 0.0733. The van der Waals surface area contributed by atoms with Gasteiger partial charge in [-0.15, -0.1) is 6.58 Å². The summed E-state index contributed by atoms with van der Waals surface area (Å²) in [4.78, 5) is 12.4. The van der Waals surface area contributed by atoms with Crippen LogP contribution in [0.2, 0.25) is 0 Å². The fraction of sp³-hybridized carbons (Fsp3) is 0.118. The molecular weight excluding hydrogens is 300 g/mol. The maximum absolute atomic E-state index is 12.1. The number of rotatable bonds is 5. The molecule has 2 aromatic carbocycles. The quantitative estimate of drug-likeness (QED) is 0.397. The van der Waals surface area contributed by atoms with Crippen molar-refractivity contribution in [3.8, 4) is 5.75 Å². The third-order valence-corrected chi connectivity index (χ3v) is 4.01. The Labute approximate surface area is 131 Å². The Morgan fingerprint density at radius 1 is 1.27 bits per heavy atom. The van der Waals surface area contributed by atoms with E-state index < -0.39 is 17.0 Å². The fourth-order valence-corrected chi connectivity index (χ4v) is 2.75.